The van der Waals surface area contributed by atoms with E-state index in [4.69, 9.17) is 0 Å². The molecule has 26 heavy (non-hydrogen) atoms. The molecular weight excluding hydrogens is 391 g/mol. The fourth-order valence-electron chi connectivity index (χ4n) is 3.64. The molecule has 0 atom stereocenters. The van der Waals surface area contributed by atoms with E-state index >= 15 is 0 Å². The minimum Gasteiger partial charge on any atom is -0.360 e. The van der Waals surface area contributed by atoms with Gasteiger partial charge in [0.15, 0.2) is 16.5 Å². The van der Waals surface area contributed by atoms with Crippen molar-refractivity contribution in [3.8, 4) is 0 Å². The Balaban J connectivity index is 0.000000590. The zero-order valence-corrected chi connectivity index (χ0v) is 23.7. The third-order valence-corrected chi connectivity index (χ3v) is 13.6. The summed E-state index contributed by atoms with van der Waals surface area (Å²) in [6.07, 6.45) is 0. The van der Waals surface area contributed by atoms with E-state index in [0.29, 0.717) is 0 Å². The van der Waals surface area contributed by atoms with Crippen molar-refractivity contribution in [1.82, 2.24) is 13.8 Å². The second kappa shape index (κ2) is 7.65. The van der Waals surface area contributed by atoms with Gasteiger partial charge < -0.3 is 9.21 Å². The average molecular weight is 434 g/mol. The first-order valence-electron chi connectivity index (χ1n) is 9.50. The number of amides is 3. The summed E-state index contributed by atoms with van der Waals surface area (Å²) >= 11 is 0. The van der Waals surface area contributed by atoms with E-state index in [-0.39, 0.29) is 11.9 Å². The number of nitrogens with one attached hydrogen (secondary N) is 1. The number of carbonyl (C=O) groups excluding carboxylic acids is 2. The molecule has 0 saturated carbocycles. The highest BCUT2D eigenvalue weighted by Crippen LogP contribution is 2.35. The van der Waals surface area contributed by atoms with Crippen LogP contribution in [0.5, 0.6) is 0 Å². The summed E-state index contributed by atoms with van der Waals surface area (Å²) in [5, 5.41) is 0. The zero-order valence-electron chi connectivity index (χ0n) is 19.7. The van der Waals surface area contributed by atoms with Crippen molar-refractivity contribution in [2.24, 2.45) is 0 Å². The van der Waals surface area contributed by atoms with Crippen LogP contribution in [0.2, 0.25) is 78.6 Å². The predicted octanol–water partition coefficient (Wildman–Crippen LogP) is 4.94. The Kier molecular flexibility index (Phi) is 7.58. The summed E-state index contributed by atoms with van der Waals surface area (Å²) in [4.78, 5) is 25.0. The molecule has 1 saturated heterocycles. The molecule has 0 bridgehead atoms. The fourth-order valence-corrected chi connectivity index (χ4v) is 16.7. The Morgan fingerprint density at radius 3 is 1.15 bits per heavy atom. The third-order valence-electron chi connectivity index (χ3n) is 3.76. The number of nitrogens with zero attached hydrogens (tertiary/aromatic N) is 2. The summed E-state index contributed by atoms with van der Waals surface area (Å²) in [6.45, 7) is 30.3. The van der Waals surface area contributed by atoms with Gasteiger partial charge in [-0.2, -0.15) is 0 Å². The van der Waals surface area contributed by atoms with Crippen molar-refractivity contribution in [2.45, 2.75) is 98.0 Å². The Hall–Kier alpha value is -0.232. The van der Waals surface area contributed by atoms with Crippen LogP contribution in [0.1, 0.15) is 13.8 Å². The third kappa shape index (κ3) is 7.06. The van der Waals surface area contributed by atoms with Crippen LogP contribution in [-0.4, -0.2) is 59.6 Å². The maximum atomic E-state index is 12.5. The Labute approximate surface area is 166 Å². The van der Waals surface area contributed by atoms with Gasteiger partial charge in [0, 0.05) is 0 Å². The molecule has 0 aromatic carbocycles. The summed E-state index contributed by atoms with van der Waals surface area (Å²) in [7, 11) is -5.75. The van der Waals surface area contributed by atoms with Crippen molar-refractivity contribution < 1.29 is 9.59 Å². The van der Waals surface area contributed by atoms with Gasteiger partial charge in [-0.15, -0.1) is 0 Å². The molecule has 0 radical (unpaired) electrons. The van der Waals surface area contributed by atoms with E-state index in [1.807, 2.05) is 38.1 Å². The van der Waals surface area contributed by atoms with Crippen molar-refractivity contribution in [2.75, 3.05) is 0 Å². The number of hydrogen-bond donors (Lipinski definition) is 1. The maximum Gasteiger partial charge on any atom is 0.311 e. The number of hydrogen-bond acceptors (Lipinski definition) is 3. The minimum absolute atomic E-state index is 0.0240. The van der Waals surface area contributed by atoms with E-state index in [1.165, 1.54) is 0 Å². The van der Waals surface area contributed by atoms with E-state index in [0.717, 1.165) is 0 Å². The quantitative estimate of drug-likeness (QED) is 0.504. The number of carbonyl (C=O) groups is 2. The zero-order chi connectivity index (χ0) is 21.5. The molecular formula is C17H43N3O2Si4. The van der Waals surface area contributed by atoms with Crippen LogP contribution >= 0.6 is 0 Å². The summed E-state index contributed by atoms with van der Waals surface area (Å²) < 4.78 is 7.13. The molecule has 1 aliphatic heterocycles. The lowest BCUT2D eigenvalue weighted by Gasteiger charge is -2.38. The fraction of sp³-hybridized carbons (Fsp3) is 0.882. The highest BCUT2D eigenvalue weighted by molar-refractivity contribution is 6.90. The normalized spacial score (nSPS) is 18.8. The summed E-state index contributed by atoms with van der Waals surface area (Å²) in [5.41, 5.74) is -0.679. The number of urea groups is 1. The van der Waals surface area contributed by atoms with E-state index in [1.54, 1.807) is 4.57 Å². The second-order valence-corrected chi connectivity index (χ2v) is 31.4. The van der Waals surface area contributed by atoms with Gasteiger partial charge in [0.05, 0.1) is 0 Å². The first kappa shape index (κ1) is 25.8. The van der Waals surface area contributed by atoms with Crippen LogP contribution in [-0.2, 0) is 4.79 Å². The van der Waals surface area contributed by atoms with Gasteiger partial charge >= 0.3 is 6.03 Å². The molecule has 1 rings (SSSR count). The molecule has 0 unspecified atom stereocenters. The van der Waals surface area contributed by atoms with Gasteiger partial charge in [0.25, 0.3) is 0 Å². The molecule has 0 spiro atoms. The van der Waals surface area contributed by atoms with E-state index in [9.17, 15) is 9.59 Å². The standard InChI is InChI=1S/C11H24N2O2Si2.C6H19NSi2/c1-11(2)9(14)12(16(3,4)5)10(15)13(11)17(6,7)8;1-8(2,3)7-9(4,5)6/h1-8H3;7H,1-6H3. The van der Waals surface area contributed by atoms with E-state index in [2.05, 4.69) is 63.6 Å². The first-order chi connectivity index (χ1) is 11.0. The average Bonchev–Trinajstić information content (AvgIpc) is 2.37. The Morgan fingerprint density at radius 1 is 0.692 bits per heavy atom. The number of rotatable bonds is 4. The Morgan fingerprint density at radius 2 is 1.04 bits per heavy atom. The largest absolute Gasteiger partial charge is 0.360 e. The van der Waals surface area contributed by atoms with Gasteiger partial charge in [-0.25, -0.2) is 4.79 Å². The number of imide groups is 1. The second-order valence-electron chi connectivity index (χ2n) is 11.8. The molecule has 1 N–H and O–H groups in total. The van der Waals surface area contributed by atoms with Crippen LogP contribution in [0.25, 0.3) is 0 Å². The van der Waals surface area contributed by atoms with E-state index < -0.39 is 38.5 Å². The molecule has 1 heterocycles. The maximum absolute atomic E-state index is 12.5. The minimum atomic E-state index is -1.94. The molecule has 9 heteroatoms. The van der Waals surface area contributed by atoms with Crippen molar-refractivity contribution in [3.63, 3.8) is 0 Å². The van der Waals surface area contributed by atoms with Crippen LogP contribution < -0.4 is 4.65 Å². The monoisotopic (exact) mass is 433 g/mol. The molecule has 0 aliphatic carbocycles. The first-order valence-corrected chi connectivity index (χ1v) is 23.4. The van der Waals surface area contributed by atoms with Gasteiger partial charge in [-0.3, -0.25) is 9.36 Å². The van der Waals surface area contributed by atoms with Crippen molar-refractivity contribution in [3.05, 3.63) is 0 Å². The lowest BCUT2D eigenvalue weighted by atomic mass is 10.1. The SMILES string of the molecule is CC1(C)C(=O)N([Si](C)(C)C)C(=O)N1[Si](C)(C)C.C[Si](C)(C)N[Si](C)(C)C. The molecule has 1 fully saturated rings. The van der Waals surface area contributed by atoms with Crippen LogP contribution in [0, 0.1) is 0 Å². The lowest BCUT2D eigenvalue weighted by molar-refractivity contribution is -0.128. The van der Waals surface area contributed by atoms with Crippen LogP contribution in [0.3, 0.4) is 0 Å². The smallest absolute Gasteiger partial charge is 0.311 e. The lowest BCUT2D eigenvalue weighted by Crippen LogP contribution is -2.57. The molecule has 0 aromatic heterocycles. The van der Waals surface area contributed by atoms with Crippen molar-refractivity contribution in [1.29, 1.82) is 0 Å². The Bertz CT molecular complexity index is 526. The van der Waals surface area contributed by atoms with Gasteiger partial charge in [-0.1, -0.05) is 78.6 Å². The van der Waals surface area contributed by atoms with Crippen LogP contribution in [0.15, 0.2) is 0 Å². The van der Waals surface area contributed by atoms with Gasteiger partial charge in [0.2, 0.25) is 5.91 Å². The highest BCUT2D eigenvalue weighted by atomic mass is 28.4. The van der Waals surface area contributed by atoms with Gasteiger partial charge in [0.1, 0.15) is 22.0 Å². The highest BCUT2D eigenvalue weighted by Gasteiger charge is 2.57. The molecule has 0 aromatic rings. The predicted molar refractivity (Wildman–Crippen MR) is 125 cm³/mol. The molecule has 1 aliphatic rings. The van der Waals surface area contributed by atoms with Crippen molar-refractivity contribution >= 4 is 44.9 Å². The van der Waals surface area contributed by atoms with Crippen LogP contribution in [0.4, 0.5) is 4.79 Å². The summed E-state index contributed by atoms with van der Waals surface area (Å²) in [6, 6.07) is -0.0710. The topological polar surface area (TPSA) is 52.7 Å². The summed E-state index contributed by atoms with van der Waals surface area (Å²) in [5.74, 6) is -0.0240. The van der Waals surface area contributed by atoms with Gasteiger partial charge in [-0.05, 0) is 13.8 Å². The molecule has 154 valence electrons. The molecule has 5 nitrogen and oxygen atoms in total. The molecule has 3 amide bonds.